The average molecular weight is 458 g/mol. The van der Waals surface area contributed by atoms with E-state index >= 15 is 0 Å². The monoisotopic (exact) mass is 457 g/mol. The molecule has 3 rings (SSSR count). The van der Waals surface area contributed by atoms with Crippen LogP contribution in [-0.2, 0) is 19.6 Å². The maximum Gasteiger partial charge on any atom is 0.414 e. The number of para-hydroxylation sites is 1. The van der Waals surface area contributed by atoms with Gasteiger partial charge in [0, 0.05) is 38.3 Å². The number of carboxylic acid groups (broad SMARTS) is 2. The molecule has 1 aliphatic heterocycles. The second kappa shape index (κ2) is 10.6. The Balaban J connectivity index is 0.000000501. The van der Waals surface area contributed by atoms with E-state index in [9.17, 15) is 18.5 Å². The van der Waals surface area contributed by atoms with Crippen LogP contribution in [0.25, 0.3) is 0 Å². The number of sulfonamides is 1. The summed E-state index contributed by atoms with van der Waals surface area (Å²) in [5, 5.41) is 25.9. The lowest BCUT2D eigenvalue weighted by Crippen LogP contribution is -2.52. The molecule has 12 heteroatoms. The summed E-state index contributed by atoms with van der Waals surface area (Å²) in [4.78, 5) is 30.9. The maximum absolute atomic E-state index is 12.8. The van der Waals surface area contributed by atoms with Gasteiger partial charge in [0.2, 0.25) is 10.0 Å². The molecule has 1 aromatic carbocycles. The third-order valence-electron chi connectivity index (χ3n) is 5.64. The Kier molecular flexibility index (Phi) is 8.48. The van der Waals surface area contributed by atoms with Crippen molar-refractivity contribution in [1.82, 2.24) is 9.21 Å². The quantitative estimate of drug-likeness (QED) is 0.389. The van der Waals surface area contributed by atoms with Crippen LogP contribution in [0.3, 0.4) is 0 Å². The summed E-state index contributed by atoms with van der Waals surface area (Å²) in [6.45, 7) is 4.45. The van der Waals surface area contributed by atoms with Crippen LogP contribution in [0.2, 0.25) is 0 Å². The first-order valence-corrected chi connectivity index (χ1v) is 11.4. The number of carbonyl (C=O) groups is 2. The zero-order valence-electron chi connectivity index (χ0n) is 17.2. The molecule has 1 saturated heterocycles. The number of rotatable bonds is 4. The minimum atomic E-state index is -3.84. The van der Waals surface area contributed by atoms with Crippen LogP contribution in [0.1, 0.15) is 32.6 Å². The molecule has 0 spiro atoms. The Morgan fingerprint density at radius 1 is 1.00 bits per heavy atom. The molecule has 0 atom stereocenters. The summed E-state index contributed by atoms with van der Waals surface area (Å²) < 4.78 is 27.1. The van der Waals surface area contributed by atoms with E-state index < -0.39 is 26.9 Å². The molecule has 31 heavy (non-hydrogen) atoms. The van der Waals surface area contributed by atoms with E-state index in [0.717, 1.165) is 5.92 Å². The molecule has 2 aliphatic rings. The second-order valence-electron chi connectivity index (χ2n) is 7.69. The highest BCUT2D eigenvalue weighted by Gasteiger charge is 2.35. The molecule has 11 nitrogen and oxygen atoms in total. The molecule has 0 aromatic heterocycles. The number of hydrogen-bond acceptors (Lipinski definition) is 7. The molecule has 172 valence electrons. The molecule has 0 amide bonds. The van der Waals surface area contributed by atoms with Crippen molar-refractivity contribution in [3.05, 3.63) is 34.4 Å². The minimum absolute atomic E-state index is 0.208. The fourth-order valence-corrected chi connectivity index (χ4v) is 5.46. The molecule has 2 fully saturated rings. The minimum Gasteiger partial charge on any atom is -0.473 e. The molecule has 1 aromatic rings. The van der Waals surface area contributed by atoms with Crippen LogP contribution in [0, 0.1) is 16.0 Å². The van der Waals surface area contributed by atoms with E-state index in [4.69, 9.17) is 19.8 Å². The van der Waals surface area contributed by atoms with Gasteiger partial charge in [0.05, 0.1) is 4.92 Å². The van der Waals surface area contributed by atoms with Gasteiger partial charge in [-0.1, -0.05) is 19.1 Å². The number of hydrogen-bond donors (Lipinski definition) is 2. The topological polar surface area (TPSA) is 158 Å². The first-order chi connectivity index (χ1) is 14.5. The molecular weight excluding hydrogens is 430 g/mol. The highest BCUT2D eigenvalue weighted by molar-refractivity contribution is 7.89. The molecule has 0 unspecified atom stereocenters. The number of nitrogens with zero attached hydrogens (tertiary/aromatic N) is 3. The van der Waals surface area contributed by atoms with Gasteiger partial charge in [-0.25, -0.2) is 18.0 Å². The average Bonchev–Trinajstić information content (AvgIpc) is 2.74. The summed E-state index contributed by atoms with van der Waals surface area (Å²) in [5.74, 6) is -2.86. The van der Waals surface area contributed by atoms with Crippen molar-refractivity contribution >= 4 is 27.6 Å². The highest BCUT2D eigenvalue weighted by Crippen LogP contribution is 2.30. The van der Waals surface area contributed by atoms with Crippen LogP contribution in [0.5, 0.6) is 0 Å². The van der Waals surface area contributed by atoms with E-state index in [1.165, 1.54) is 54.3 Å². The van der Waals surface area contributed by atoms with Crippen LogP contribution < -0.4 is 0 Å². The van der Waals surface area contributed by atoms with E-state index in [1.54, 1.807) is 0 Å². The van der Waals surface area contributed by atoms with Crippen LogP contribution >= 0.6 is 0 Å². The van der Waals surface area contributed by atoms with Crippen molar-refractivity contribution in [1.29, 1.82) is 0 Å². The Bertz CT molecular complexity index is 892. The zero-order chi connectivity index (χ0) is 23.2. The predicted molar refractivity (Wildman–Crippen MR) is 110 cm³/mol. The summed E-state index contributed by atoms with van der Waals surface area (Å²) in [6, 6.07) is 6.12. The molecule has 1 saturated carbocycles. The van der Waals surface area contributed by atoms with Crippen molar-refractivity contribution < 1.29 is 33.1 Å². The van der Waals surface area contributed by atoms with Gasteiger partial charge < -0.3 is 10.2 Å². The molecule has 1 heterocycles. The number of carboxylic acids is 2. The predicted octanol–water partition coefficient (Wildman–Crippen LogP) is 1.64. The standard InChI is InChI=1S/C17H25N3O4S.C2H2O4/c1-14-6-8-15(9-7-14)18-10-12-19(13-11-18)25(23,24)17-5-3-2-4-16(17)20(21)22;3-1(4)2(5)6/h2-5,14-15H,6-13H2,1H3;(H,3,4)(H,5,6). The van der Waals surface area contributed by atoms with Gasteiger partial charge in [0.25, 0.3) is 5.69 Å². The van der Waals surface area contributed by atoms with E-state index in [1.807, 2.05) is 0 Å². The largest absolute Gasteiger partial charge is 0.473 e. The third kappa shape index (κ3) is 6.45. The zero-order valence-corrected chi connectivity index (χ0v) is 18.0. The first-order valence-electron chi connectivity index (χ1n) is 9.98. The van der Waals surface area contributed by atoms with Gasteiger partial charge >= 0.3 is 11.9 Å². The highest BCUT2D eigenvalue weighted by atomic mass is 32.2. The summed E-state index contributed by atoms with van der Waals surface area (Å²) in [7, 11) is -3.84. The normalized spacial score (nSPS) is 22.7. The van der Waals surface area contributed by atoms with Gasteiger partial charge in [-0.15, -0.1) is 0 Å². The van der Waals surface area contributed by atoms with Crippen LogP contribution in [0.15, 0.2) is 29.2 Å². The van der Waals surface area contributed by atoms with Gasteiger partial charge in [0.15, 0.2) is 4.90 Å². The Morgan fingerprint density at radius 3 is 2.00 bits per heavy atom. The number of piperazine rings is 1. The SMILES string of the molecule is CC1CCC(N2CCN(S(=O)(=O)c3ccccc3[N+](=O)[O-])CC2)CC1.O=C(O)C(=O)O. The first kappa shape index (κ1) is 24.7. The Morgan fingerprint density at radius 2 is 1.52 bits per heavy atom. The van der Waals surface area contributed by atoms with Gasteiger partial charge in [0.1, 0.15) is 0 Å². The number of nitro benzene ring substituents is 1. The van der Waals surface area contributed by atoms with Gasteiger partial charge in [-0.2, -0.15) is 4.31 Å². The Hall–Kier alpha value is -2.57. The van der Waals surface area contributed by atoms with Crippen molar-refractivity contribution in [2.24, 2.45) is 5.92 Å². The molecule has 0 radical (unpaired) electrons. The van der Waals surface area contributed by atoms with Crippen molar-refractivity contribution in [3.63, 3.8) is 0 Å². The lowest BCUT2D eigenvalue weighted by molar-refractivity contribution is -0.387. The van der Waals surface area contributed by atoms with Crippen molar-refractivity contribution in [2.45, 2.75) is 43.5 Å². The van der Waals surface area contributed by atoms with Crippen LogP contribution in [0.4, 0.5) is 5.69 Å². The Labute approximate surface area is 180 Å². The third-order valence-corrected chi connectivity index (χ3v) is 7.58. The molecule has 2 N–H and O–H groups in total. The lowest BCUT2D eigenvalue weighted by Gasteiger charge is -2.41. The molecular formula is C19H27N3O8S. The summed E-state index contributed by atoms with van der Waals surface area (Å²) in [6.07, 6.45) is 4.83. The van der Waals surface area contributed by atoms with Crippen LogP contribution in [-0.4, -0.2) is 76.9 Å². The van der Waals surface area contributed by atoms with E-state index in [2.05, 4.69) is 11.8 Å². The van der Waals surface area contributed by atoms with Gasteiger partial charge in [-0.05, 0) is 37.7 Å². The molecule has 1 aliphatic carbocycles. The lowest BCUT2D eigenvalue weighted by atomic mass is 9.86. The number of aliphatic carboxylic acids is 2. The van der Waals surface area contributed by atoms with Crippen molar-refractivity contribution in [3.8, 4) is 0 Å². The van der Waals surface area contributed by atoms with E-state index in [0.29, 0.717) is 32.2 Å². The number of benzene rings is 1. The second-order valence-corrected chi connectivity index (χ2v) is 9.60. The smallest absolute Gasteiger partial charge is 0.414 e. The maximum atomic E-state index is 12.8. The van der Waals surface area contributed by atoms with Crippen molar-refractivity contribution in [2.75, 3.05) is 26.2 Å². The summed E-state index contributed by atoms with van der Waals surface area (Å²) in [5.41, 5.74) is -0.355. The van der Waals surface area contributed by atoms with E-state index in [-0.39, 0.29) is 10.6 Å². The fraction of sp³-hybridized carbons (Fsp3) is 0.579. The summed E-state index contributed by atoms with van der Waals surface area (Å²) >= 11 is 0. The number of nitro groups is 1. The fourth-order valence-electron chi connectivity index (χ4n) is 3.88. The van der Waals surface area contributed by atoms with Gasteiger partial charge in [-0.3, -0.25) is 15.0 Å². The molecule has 0 bridgehead atoms.